The summed E-state index contributed by atoms with van der Waals surface area (Å²) in [6, 6.07) is 9.39. The molecule has 2 aromatic rings. The molecule has 7 nitrogen and oxygen atoms in total. The molecule has 2 saturated heterocycles. The minimum absolute atomic E-state index is 0.0120. The van der Waals surface area contributed by atoms with Crippen LogP contribution in [-0.4, -0.2) is 55.1 Å². The molecule has 4 rings (SSSR count). The van der Waals surface area contributed by atoms with E-state index in [2.05, 4.69) is 22.2 Å². The zero-order valence-electron chi connectivity index (χ0n) is 17.3. The van der Waals surface area contributed by atoms with Gasteiger partial charge in [-0.1, -0.05) is 6.07 Å². The third-order valence-corrected chi connectivity index (χ3v) is 5.57. The average Bonchev–Trinajstić information content (AvgIpc) is 3.13. The first kappa shape index (κ1) is 20.3. The molecule has 0 bridgehead atoms. The Labute approximate surface area is 180 Å². The fourth-order valence-electron chi connectivity index (χ4n) is 3.73. The molecule has 2 amide bonds. The molecule has 1 aromatic heterocycles. The van der Waals surface area contributed by atoms with Gasteiger partial charge in [-0.3, -0.25) is 19.8 Å². The van der Waals surface area contributed by atoms with Gasteiger partial charge in [0, 0.05) is 32.2 Å². The molecule has 30 heavy (non-hydrogen) atoms. The van der Waals surface area contributed by atoms with Crippen LogP contribution in [0.25, 0.3) is 6.08 Å². The number of nitrogens with zero attached hydrogens (tertiary/aromatic N) is 3. The smallest absolute Gasteiger partial charge is 0.270 e. The maximum atomic E-state index is 13.2. The summed E-state index contributed by atoms with van der Waals surface area (Å²) in [4.78, 5) is 31.4. The highest BCUT2D eigenvalue weighted by molar-refractivity contribution is 7.80. The summed E-state index contributed by atoms with van der Waals surface area (Å²) < 4.78 is 5.91. The maximum Gasteiger partial charge on any atom is 0.270 e. The minimum Gasteiger partial charge on any atom is -0.441 e. The Morgan fingerprint density at radius 1 is 1.03 bits per heavy atom. The van der Waals surface area contributed by atoms with E-state index < -0.39 is 11.8 Å². The first-order chi connectivity index (χ1) is 14.3. The number of benzene rings is 1. The predicted molar refractivity (Wildman–Crippen MR) is 121 cm³/mol. The molecule has 1 aromatic carbocycles. The van der Waals surface area contributed by atoms with Crippen LogP contribution in [0.15, 0.2) is 40.3 Å². The van der Waals surface area contributed by atoms with Crippen molar-refractivity contribution in [1.82, 2.24) is 10.2 Å². The zero-order valence-corrected chi connectivity index (χ0v) is 18.1. The van der Waals surface area contributed by atoms with Crippen LogP contribution < -0.4 is 15.1 Å². The summed E-state index contributed by atoms with van der Waals surface area (Å²) >= 11 is 5.28. The van der Waals surface area contributed by atoms with Crippen molar-refractivity contribution in [2.75, 3.05) is 43.0 Å². The Morgan fingerprint density at radius 3 is 2.37 bits per heavy atom. The fourth-order valence-corrected chi connectivity index (χ4v) is 4.01. The number of anilines is 2. The second-order valence-electron chi connectivity index (χ2n) is 7.77. The highest BCUT2D eigenvalue weighted by Gasteiger charge is 2.35. The molecule has 2 aliphatic heterocycles. The summed E-state index contributed by atoms with van der Waals surface area (Å²) in [5, 5.41) is 2.69. The van der Waals surface area contributed by atoms with E-state index in [4.69, 9.17) is 16.6 Å². The number of furan rings is 1. The highest BCUT2D eigenvalue weighted by Crippen LogP contribution is 2.26. The first-order valence-corrected chi connectivity index (χ1v) is 10.3. The lowest BCUT2D eigenvalue weighted by Gasteiger charge is -2.32. The number of rotatable bonds is 3. The van der Waals surface area contributed by atoms with Crippen molar-refractivity contribution in [3.8, 4) is 0 Å². The van der Waals surface area contributed by atoms with Crippen molar-refractivity contribution in [2.45, 2.75) is 13.8 Å². The van der Waals surface area contributed by atoms with E-state index >= 15 is 0 Å². The van der Waals surface area contributed by atoms with Gasteiger partial charge >= 0.3 is 0 Å². The van der Waals surface area contributed by atoms with Crippen LogP contribution >= 0.6 is 12.2 Å². The van der Waals surface area contributed by atoms with Crippen LogP contribution in [0.2, 0.25) is 0 Å². The summed E-state index contributed by atoms with van der Waals surface area (Å²) in [6.07, 6.45) is 1.48. The van der Waals surface area contributed by atoms with Crippen molar-refractivity contribution < 1.29 is 14.0 Å². The van der Waals surface area contributed by atoms with Crippen LogP contribution in [0.1, 0.15) is 16.9 Å². The highest BCUT2D eigenvalue weighted by atomic mass is 32.1. The van der Waals surface area contributed by atoms with Crippen molar-refractivity contribution in [1.29, 1.82) is 0 Å². The first-order valence-electron chi connectivity index (χ1n) is 9.85. The van der Waals surface area contributed by atoms with E-state index in [9.17, 15) is 9.59 Å². The number of thiocarbonyl (C=S) groups is 1. The van der Waals surface area contributed by atoms with Gasteiger partial charge in [0.05, 0.1) is 5.69 Å². The van der Waals surface area contributed by atoms with Gasteiger partial charge < -0.3 is 14.2 Å². The summed E-state index contributed by atoms with van der Waals surface area (Å²) in [7, 11) is 2.09. The van der Waals surface area contributed by atoms with Gasteiger partial charge in [0.15, 0.2) is 11.0 Å². The Bertz CT molecular complexity index is 1030. The predicted octanol–water partition coefficient (Wildman–Crippen LogP) is 2.48. The number of hydrogen-bond acceptors (Lipinski definition) is 6. The summed E-state index contributed by atoms with van der Waals surface area (Å²) in [5.74, 6) is 0.199. The molecule has 8 heteroatoms. The van der Waals surface area contributed by atoms with E-state index in [-0.39, 0.29) is 10.7 Å². The Kier molecular flexibility index (Phi) is 5.44. The quantitative estimate of drug-likeness (QED) is 0.464. The Morgan fingerprint density at radius 2 is 1.70 bits per heavy atom. The molecule has 156 valence electrons. The van der Waals surface area contributed by atoms with Gasteiger partial charge in [-0.15, -0.1) is 0 Å². The summed E-state index contributed by atoms with van der Waals surface area (Å²) in [5.41, 5.74) is 2.63. The van der Waals surface area contributed by atoms with E-state index in [1.54, 1.807) is 6.07 Å². The number of nitrogens with one attached hydrogen (secondary N) is 1. The molecule has 0 saturated carbocycles. The zero-order chi connectivity index (χ0) is 21.4. The second kappa shape index (κ2) is 8.04. The molecule has 0 radical (unpaired) electrons. The third kappa shape index (κ3) is 4.01. The third-order valence-electron chi connectivity index (χ3n) is 5.28. The number of piperazine rings is 1. The van der Waals surface area contributed by atoms with Gasteiger partial charge in [0.25, 0.3) is 11.8 Å². The summed E-state index contributed by atoms with van der Waals surface area (Å²) in [6.45, 7) is 7.56. The average molecular weight is 425 g/mol. The SMILES string of the molecule is Cc1cc(C)cc(N2C(=O)/C(=C/c3ccc(N4CCN(C)CC4)o3)C(=O)NC2=S)c1. The molecule has 0 aliphatic carbocycles. The fraction of sp³-hybridized carbons (Fsp3) is 0.318. The van der Waals surface area contributed by atoms with E-state index in [1.165, 1.54) is 11.0 Å². The van der Waals surface area contributed by atoms with Gasteiger partial charge in [-0.05, 0) is 68.5 Å². The van der Waals surface area contributed by atoms with E-state index in [1.807, 2.05) is 38.1 Å². The lowest BCUT2D eigenvalue weighted by molar-refractivity contribution is -0.122. The number of likely N-dealkylation sites (N-methyl/N-ethyl adjacent to an activating group) is 1. The molecule has 0 atom stereocenters. The molecule has 1 N–H and O–H groups in total. The van der Waals surface area contributed by atoms with Crippen LogP contribution in [0.4, 0.5) is 11.6 Å². The van der Waals surface area contributed by atoms with Gasteiger partial charge in [-0.2, -0.15) is 0 Å². The monoisotopic (exact) mass is 424 g/mol. The lowest BCUT2D eigenvalue weighted by atomic mass is 10.1. The van der Waals surface area contributed by atoms with Gasteiger partial charge in [0.2, 0.25) is 0 Å². The normalized spacial score (nSPS) is 19.6. The van der Waals surface area contributed by atoms with Crippen molar-refractivity contribution in [3.05, 3.63) is 52.8 Å². The van der Waals surface area contributed by atoms with Crippen molar-refractivity contribution in [3.63, 3.8) is 0 Å². The number of carbonyl (C=O) groups is 2. The van der Waals surface area contributed by atoms with Crippen LogP contribution in [0.5, 0.6) is 0 Å². The maximum absolute atomic E-state index is 13.2. The molecular weight excluding hydrogens is 400 g/mol. The molecule has 0 spiro atoms. The molecule has 3 heterocycles. The van der Waals surface area contributed by atoms with Crippen LogP contribution in [-0.2, 0) is 9.59 Å². The van der Waals surface area contributed by atoms with Crippen LogP contribution in [0.3, 0.4) is 0 Å². The number of carbonyl (C=O) groups excluding carboxylic acids is 2. The van der Waals surface area contributed by atoms with Crippen molar-refractivity contribution in [2.24, 2.45) is 0 Å². The molecule has 2 aliphatic rings. The largest absolute Gasteiger partial charge is 0.441 e. The number of amides is 2. The number of aryl methyl sites for hydroxylation is 2. The Balaban J connectivity index is 1.61. The van der Waals surface area contributed by atoms with E-state index in [0.29, 0.717) is 11.4 Å². The van der Waals surface area contributed by atoms with Crippen molar-refractivity contribution >= 4 is 46.8 Å². The molecular formula is C22H24N4O3S. The lowest BCUT2D eigenvalue weighted by Crippen LogP contribution is -2.54. The van der Waals surface area contributed by atoms with Crippen LogP contribution in [0, 0.1) is 13.8 Å². The second-order valence-corrected chi connectivity index (χ2v) is 8.16. The minimum atomic E-state index is -0.525. The van der Waals surface area contributed by atoms with E-state index in [0.717, 1.165) is 43.2 Å². The molecule has 2 fully saturated rings. The molecule has 0 unspecified atom stereocenters. The number of hydrogen-bond donors (Lipinski definition) is 1. The Hall–Kier alpha value is -2.97. The topological polar surface area (TPSA) is 69.0 Å². The van der Waals surface area contributed by atoms with Gasteiger partial charge in [-0.25, -0.2) is 0 Å². The van der Waals surface area contributed by atoms with Gasteiger partial charge in [0.1, 0.15) is 11.3 Å². The standard InChI is InChI=1S/C22H24N4O3S/c1-14-10-15(2)12-16(11-14)26-21(28)18(20(27)23-22(26)30)13-17-4-5-19(29-17)25-8-6-24(3)7-9-25/h4-5,10-13H,6-9H2,1-3H3,(H,23,27,30)/b18-13+.